The van der Waals surface area contributed by atoms with Gasteiger partial charge in [-0.25, -0.2) is 0 Å². The summed E-state index contributed by atoms with van der Waals surface area (Å²) in [6, 6.07) is 0. The Morgan fingerprint density at radius 2 is 2.00 bits per heavy atom. The van der Waals surface area contributed by atoms with Crippen molar-refractivity contribution in [3.05, 3.63) is 0 Å². The lowest BCUT2D eigenvalue weighted by Crippen LogP contribution is -2.34. The Labute approximate surface area is 68.5 Å². The van der Waals surface area contributed by atoms with Crippen LogP contribution in [0.5, 0.6) is 0 Å². The zero-order valence-corrected chi connectivity index (χ0v) is 7.19. The van der Waals surface area contributed by atoms with Crippen molar-refractivity contribution in [3.63, 3.8) is 0 Å². The van der Waals surface area contributed by atoms with Gasteiger partial charge in [0.2, 0.25) is 0 Å². The van der Waals surface area contributed by atoms with Crippen LogP contribution in [0.4, 0.5) is 0 Å². The SMILES string of the molecule is COC[C@@H]1CC[C@@H]1CN.Cl. The number of methoxy groups -OCH3 is 1. The van der Waals surface area contributed by atoms with E-state index in [1.165, 1.54) is 12.8 Å². The zero-order valence-electron chi connectivity index (χ0n) is 6.38. The molecule has 3 heteroatoms. The first-order valence-electron chi connectivity index (χ1n) is 3.57. The second kappa shape index (κ2) is 4.94. The van der Waals surface area contributed by atoms with Crippen molar-refractivity contribution in [2.45, 2.75) is 12.8 Å². The number of rotatable bonds is 3. The maximum absolute atomic E-state index is 5.50. The molecule has 0 aromatic rings. The third-order valence-electron chi connectivity index (χ3n) is 2.26. The van der Waals surface area contributed by atoms with Crippen LogP contribution in [0.25, 0.3) is 0 Å². The molecule has 0 radical (unpaired) electrons. The zero-order chi connectivity index (χ0) is 6.69. The standard InChI is InChI=1S/C7H15NO.ClH/c1-9-5-7-3-2-6(7)4-8;/h6-7H,2-5,8H2,1H3;1H/t6-,7+;/m1./s1. The van der Waals surface area contributed by atoms with Gasteiger partial charge in [-0.15, -0.1) is 12.4 Å². The van der Waals surface area contributed by atoms with Crippen LogP contribution in [0.3, 0.4) is 0 Å². The summed E-state index contributed by atoms with van der Waals surface area (Å²) >= 11 is 0. The number of halogens is 1. The summed E-state index contributed by atoms with van der Waals surface area (Å²) in [5.74, 6) is 1.52. The summed E-state index contributed by atoms with van der Waals surface area (Å²) in [4.78, 5) is 0. The van der Waals surface area contributed by atoms with Crippen molar-refractivity contribution in [2.75, 3.05) is 20.3 Å². The Morgan fingerprint density at radius 1 is 1.40 bits per heavy atom. The Kier molecular flexibility index (Phi) is 5.04. The molecular formula is C7H16ClNO. The van der Waals surface area contributed by atoms with Crippen LogP contribution < -0.4 is 5.73 Å². The average Bonchev–Trinajstić information content (AvgIpc) is 1.82. The van der Waals surface area contributed by atoms with Crippen LogP contribution in [0.2, 0.25) is 0 Å². The Balaban J connectivity index is 0.000000810. The highest BCUT2D eigenvalue weighted by Gasteiger charge is 2.28. The average molecular weight is 166 g/mol. The van der Waals surface area contributed by atoms with Gasteiger partial charge in [0.05, 0.1) is 0 Å². The van der Waals surface area contributed by atoms with Crippen LogP contribution in [0.15, 0.2) is 0 Å². The van der Waals surface area contributed by atoms with Gasteiger partial charge in [-0.2, -0.15) is 0 Å². The Bertz CT molecular complexity index is 87.7. The molecule has 1 aliphatic rings. The smallest absolute Gasteiger partial charge is 0.0493 e. The molecule has 0 aromatic carbocycles. The molecule has 0 heterocycles. The van der Waals surface area contributed by atoms with E-state index in [0.717, 1.165) is 25.0 Å². The lowest BCUT2D eigenvalue weighted by Gasteiger charge is -2.34. The monoisotopic (exact) mass is 165 g/mol. The lowest BCUT2D eigenvalue weighted by atomic mass is 9.74. The van der Waals surface area contributed by atoms with E-state index < -0.39 is 0 Å². The molecule has 1 fully saturated rings. The molecule has 0 amide bonds. The van der Waals surface area contributed by atoms with Gasteiger partial charge in [0.25, 0.3) is 0 Å². The van der Waals surface area contributed by atoms with Gasteiger partial charge in [0, 0.05) is 13.7 Å². The fraction of sp³-hybridized carbons (Fsp3) is 1.00. The van der Waals surface area contributed by atoms with Gasteiger partial charge >= 0.3 is 0 Å². The third-order valence-corrected chi connectivity index (χ3v) is 2.26. The molecule has 2 N–H and O–H groups in total. The van der Waals surface area contributed by atoms with E-state index in [0.29, 0.717) is 0 Å². The fourth-order valence-electron chi connectivity index (χ4n) is 1.38. The third kappa shape index (κ3) is 2.11. The van der Waals surface area contributed by atoms with Crippen LogP contribution in [-0.2, 0) is 4.74 Å². The molecule has 1 rings (SSSR count). The number of nitrogens with two attached hydrogens (primary N) is 1. The van der Waals surface area contributed by atoms with E-state index in [1.807, 2.05) is 0 Å². The number of ether oxygens (including phenoxy) is 1. The first-order valence-corrected chi connectivity index (χ1v) is 3.57. The van der Waals surface area contributed by atoms with Gasteiger partial charge < -0.3 is 10.5 Å². The minimum atomic E-state index is 0. The molecule has 0 saturated heterocycles. The van der Waals surface area contributed by atoms with Gasteiger partial charge in [-0.1, -0.05) is 0 Å². The highest BCUT2D eigenvalue weighted by Crippen LogP contribution is 2.32. The summed E-state index contributed by atoms with van der Waals surface area (Å²) in [5, 5.41) is 0. The van der Waals surface area contributed by atoms with Crippen molar-refractivity contribution >= 4 is 12.4 Å². The Hall–Kier alpha value is 0.210. The first kappa shape index (κ1) is 10.2. The molecule has 1 saturated carbocycles. The number of hydrogen-bond donors (Lipinski definition) is 1. The molecule has 62 valence electrons. The quantitative estimate of drug-likeness (QED) is 0.679. The van der Waals surface area contributed by atoms with E-state index in [-0.39, 0.29) is 12.4 Å². The Morgan fingerprint density at radius 3 is 2.30 bits per heavy atom. The van der Waals surface area contributed by atoms with E-state index in [4.69, 9.17) is 10.5 Å². The largest absolute Gasteiger partial charge is 0.384 e. The van der Waals surface area contributed by atoms with Crippen molar-refractivity contribution < 1.29 is 4.74 Å². The second-order valence-corrected chi connectivity index (χ2v) is 2.79. The molecular weight excluding hydrogens is 150 g/mol. The van der Waals surface area contributed by atoms with E-state index in [1.54, 1.807) is 7.11 Å². The van der Waals surface area contributed by atoms with Crippen LogP contribution in [-0.4, -0.2) is 20.3 Å². The normalized spacial score (nSPS) is 30.6. The molecule has 0 unspecified atom stereocenters. The fourth-order valence-corrected chi connectivity index (χ4v) is 1.38. The van der Waals surface area contributed by atoms with E-state index in [2.05, 4.69) is 0 Å². The van der Waals surface area contributed by atoms with E-state index in [9.17, 15) is 0 Å². The predicted molar refractivity (Wildman–Crippen MR) is 44.4 cm³/mol. The topological polar surface area (TPSA) is 35.2 Å². The summed E-state index contributed by atoms with van der Waals surface area (Å²) in [5.41, 5.74) is 5.50. The lowest BCUT2D eigenvalue weighted by molar-refractivity contribution is 0.0639. The van der Waals surface area contributed by atoms with Crippen LogP contribution >= 0.6 is 12.4 Å². The predicted octanol–water partition coefficient (Wildman–Crippen LogP) is 1.04. The molecule has 2 nitrogen and oxygen atoms in total. The molecule has 0 bridgehead atoms. The summed E-state index contributed by atoms with van der Waals surface area (Å²) in [7, 11) is 1.76. The first-order chi connectivity index (χ1) is 4.38. The molecule has 2 atom stereocenters. The highest BCUT2D eigenvalue weighted by atomic mass is 35.5. The maximum atomic E-state index is 5.50. The molecule has 0 aromatic heterocycles. The highest BCUT2D eigenvalue weighted by molar-refractivity contribution is 5.85. The summed E-state index contributed by atoms with van der Waals surface area (Å²) in [6.45, 7) is 1.75. The minimum Gasteiger partial charge on any atom is -0.384 e. The minimum absolute atomic E-state index is 0. The van der Waals surface area contributed by atoms with Gasteiger partial charge in [-0.05, 0) is 31.2 Å². The maximum Gasteiger partial charge on any atom is 0.0493 e. The summed E-state index contributed by atoms with van der Waals surface area (Å²) < 4.78 is 5.02. The van der Waals surface area contributed by atoms with Crippen LogP contribution in [0, 0.1) is 11.8 Å². The van der Waals surface area contributed by atoms with E-state index >= 15 is 0 Å². The van der Waals surface area contributed by atoms with Gasteiger partial charge in [0.15, 0.2) is 0 Å². The van der Waals surface area contributed by atoms with Crippen LogP contribution in [0.1, 0.15) is 12.8 Å². The van der Waals surface area contributed by atoms with Crippen molar-refractivity contribution in [1.29, 1.82) is 0 Å². The molecule has 1 aliphatic carbocycles. The molecule has 10 heavy (non-hydrogen) atoms. The van der Waals surface area contributed by atoms with Gasteiger partial charge in [0.1, 0.15) is 0 Å². The van der Waals surface area contributed by atoms with Crippen molar-refractivity contribution in [2.24, 2.45) is 17.6 Å². The van der Waals surface area contributed by atoms with Crippen molar-refractivity contribution in [3.8, 4) is 0 Å². The molecule has 0 spiro atoms. The van der Waals surface area contributed by atoms with Gasteiger partial charge in [-0.3, -0.25) is 0 Å². The van der Waals surface area contributed by atoms with Crippen molar-refractivity contribution in [1.82, 2.24) is 0 Å². The number of hydrogen-bond acceptors (Lipinski definition) is 2. The molecule has 0 aliphatic heterocycles. The second-order valence-electron chi connectivity index (χ2n) is 2.79. The summed E-state index contributed by atoms with van der Waals surface area (Å²) in [6.07, 6.45) is 2.63.